The van der Waals surface area contributed by atoms with Crippen LogP contribution in [0.2, 0.25) is 0 Å². The largest absolute Gasteiger partial charge is 0.346 e. The maximum absolute atomic E-state index is 10.5. The molecule has 2 nitrogen and oxygen atoms in total. The van der Waals surface area contributed by atoms with Gasteiger partial charge in [0.15, 0.2) is 0 Å². The second-order valence-electron chi connectivity index (χ2n) is 2.33. The van der Waals surface area contributed by atoms with E-state index in [0.29, 0.717) is 5.91 Å². The molecule has 1 saturated heterocycles. The van der Waals surface area contributed by atoms with Gasteiger partial charge in [0, 0.05) is 20.0 Å². The van der Waals surface area contributed by atoms with Crippen LogP contribution in [0, 0.1) is 0 Å². The number of amides is 1. The minimum absolute atomic E-state index is 0.292. The molecule has 10 heavy (non-hydrogen) atoms. The molecule has 0 aliphatic carbocycles. The van der Waals surface area contributed by atoms with E-state index in [-0.39, 0.29) is 0 Å². The summed E-state index contributed by atoms with van der Waals surface area (Å²) in [5.74, 6) is 0.292. The van der Waals surface area contributed by atoms with Crippen LogP contribution < -0.4 is 0 Å². The van der Waals surface area contributed by atoms with Crippen molar-refractivity contribution in [2.75, 3.05) is 13.6 Å². The number of carbonyl (C=O) groups is 1. The molecule has 0 aromatic carbocycles. The van der Waals surface area contributed by atoms with E-state index in [1.165, 1.54) is 0 Å². The van der Waals surface area contributed by atoms with Crippen molar-refractivity contribution in [2.24, 2.45) is 0 Å². The summed E-state index contributed by atoms with van der Waals surface area (Å²) >= 11 is 0. The lowest BCUT2D eigenvalue weighted by Crippen LogP contribution is -2.17. The van der Waals surface area contributed by atoms with Crippen molar-refractivity contribution in [1.82, 2.24) is 4.90 Å². The normalized spacial score (nSPS) is 16.2. The lowest BCUT2D eigenvalue weighted by atomic mass is 10.4. The second kappa shape index (κ2) is 5.03. The standard InChI is InChI=1S/C5H9NO.C3H6/c1-6-4-2-3-5(6)7;1-3-2/h2-4H2,1H3;3H,1H2,2H3. The SMILES string of the molecule is C=CC.CN1CCCC1=O. The van der Waals surface area contributed by atoms with Crippen LogP contribution in [0.3, 0.4) is 0 Å². The van der Waals surface area contributed by atoms with E-state index in [4.69, 9.17) is 0 Å². The van der Waals surface area contributed by atoms with E-state index in [9.17, 15) is 4.79 Å². The fourth-order valence-electron chi connectivity index (χ4n) is 0.783. The van der Waals surface area contributed by atoms with E-state index >= 15 is 0 Å². The third-order valence-corrected chi connectivity index (χ3v) is 1.31. The molecule has 0 atom stereocenters. The minimum Gasteiger partial charge on any atom is -0.346 e. The smallest absolute Gasteiger partial charge is 0.222 e. The van der Waals surface area contributed by atoms with Gasteiger partial charge < -0.3 is 4.90 Å². The Hall–Kier alpha value is -0.790. The molecular weight excluding hydrogens is 126 g/mol. The van der Waals surface area contributed by atoms with Crippen LogP contribution in [0.5, 0.6) is 0 Å². The zero-order valence-corrected chi connectivity index (χ0v) is 6.76. The molecule has 1 heterocycles. The summed E-state index contributed by atoms with van der Waals surface area (Å²) in [7, 11) is 1.84. The average Bonchev–Trinajstić information content (AvgIpc) is 2.19. The van der Waals surface area contributed by atoms with Gasteiger partial charge in [-0.1, -0.05) is 6.08 Å². The molecule has 1 amide bonds. The van der Waals surface area contributed by atoms with Crippen LogP contribution in [0.1, 0.15) is 19.8 Å². The van der Waals surface area contributed by atoms with Gasteiger partial charge in [-0.25, -0.2) is 0 Å². The molecular formula is C8H15NO. The molecule has 1 aliphatic rings. The molecule has 0 unspecified atom stereocenters. The Balaban J connectivity index is 0.000000236. The molecule has 0 spiro atoms. The maximum atomic E-state index is 10.5. The molecule has 58 valence electrons. The number of rotatable bonds is 0. The number of hydrogen-bond acceptors (Lipinski definition) is 1. The van der Waals surface area contributed by atoms with Crippen molar-refractivity contribution in [3.8, 4) is 0 Å². The fraction of sp³-hybridized carbons (Fsp3) is 0.625. The van der Waals surface area contributed by atoms with Crippen LogP contribution in [0.15, 0.2) is 12.7 Å². The molecule has 0 aromatic rings. The topological polar surface area (TPSA) is 20.3 Å². The van der Waals surface area contributed by atoms with Crippen molar-refractivity contribution in [2.45, 2.75) is 19.8 Å². The zero-order chi connectivity index (χ0) is 7.98. The summed E-state index contributed by atoms with van der Waals surface area (Å²) in [4.78, 5) is 12.3. The Kier molecular flexibility index (Phi) is 4.63. The summed E-state index contributed by atoms with van der Waals surface area (Å²) < 4.78 is 0. The molecule has 1 rings (SSSR count). The summed E-state index contributed by atoms with van der Waals surface area (Å²) in [6.45, 7) is 6.21. The van der Waals surface area contributed by atoms with Crippen LogP contribution in [0.25, 0.3) is 0 Å². The minimum atomic E-state index is 0.292. The molecule has 1 fully saturated rings. The van der Waals surface area contributed by atoms with Crippen molar-refractivity contribution in [3.63, 3.8) is 0 Å². The van der Waals surface area contributed by atoms with Crippen molar-refractivity contribution >= 4 is 5.91 Å². The first-order valence-electron chi connectivity index (χ1n) is 3.53. The number of likely N-dealkylation sites (tertiary alicyclic amines) is 1. The Morgan fingerprint density at radius 1 is 1.70 bits per heavy atom. The summed E-state index contributed by atoms with van der Waals surface area (Å²) in [6, 6.07) is 0. The Bertz CT molecular complexity index is 120. The second-order valence-corrected chi connectivity index (χ2v) is 2.33. The highest BCUT2D eigenvalue weighted by atomic mass is 16.2. The van der Waals surface area contributed by atoms with Gasteiger partial charge in [-0.2, -0.15) is 0 Å². The highest BCUT2D eigenvalue weighted by Crippen LogP contribution is 2.04. The molecule has 1 aliphatic heterocycles. The number of hydrogen-bond donors (Lipinski definition) is 0. The highest BCUT2D eigenvalue weighted by Gasteiger charge is 2.14. The summed E-state index contributed by atoms with van der Waals surface area (Å²) in [5, 5.41) is 0. The van der Waals surface area contributed by atoms with Gasteiger partial charge >= 0.3 is 0 Å². The van der Waals surface area contributed by atoms with Gasteiger partial charge in [-0.15, -0.1) is 6.58 Å². The first kappa shape index (κ1) is 9.21. The number of nitrogens with zero attached hydrogens (tertiary/aromatic N) is 1. The average molecular weight is 141 g/mol. The lowest BCUT2D eigenvalue weighted by molar-refractivity contribution is -0.126. The van der Waals surface area contributed by atoms with Gasteiger partial charge in [0.05, 0.1) is 0 Å². The Labute approximate surface area is 62.5 Å². The Morgan fingerprint density at radius 3 is 2.30 bits per heavy atom. The molecule has 0 N–H and O–H groups in total. The highest BCUT2D eigenvalue weighted by molar-refractivity contribution is 5.77. The molecule has 0 saturated carbocycles. The number of carbonyl (C=O) groups excluding carboxylic acids is 1. The lowest BCUT2D eigenvalue weighted by Gasteiger charge is -2.03. The molecule has 0 radical (unpaired) electrons. The predicted molar refractivity (Wildman–Crippen MR) is 42.7 cm³/mol. The van der Waals surface area contributed by atoms with Crippen LogP contribution in [0.4, 0.5) is 0 Å². The monoisotopic (exact) mass is 141 g/mol. The Morgan fingerprint density at radius 2 is 2.20 bits per heavy atom. The van der Waals surface area contributed by atoms with Crippen LogP contribution in [-0.4, -0.2) is 24.4 Å². The van der Waals surface area contributed by atoms with E-state index in [1.807, 2.05) is 14.0 Å². The third kappa shape index (κ3) is 3.28. The van der Waals surface area contributed by atoms with Crippen LogP contribution >= 0.6 is 0 Å². The van der Waals surface area contributed by atoms with E-state index in [2.05, 4.69) is 6.58 Å². The van der Waals surface area contributed by atoms with Gasteiger partial charge in [0.1, 0.15) is 0 Å². The number of allylic oxidation sites excluding steroid dienone is 1. The summed E-state index contributed by atoms with van der Waals surface area (Å²) in [6.07, 6.45) is 3.56. The van der Waals surface area contributed by atoms with Gasteiger partial charge in [0.2, 0.25) is 5.91 Å². The van der Waals surface area contributed by atoms with Crippen molar-refractivity contribution < 1.29 is 4.79 Å². The van der Waals surface area contributed by atoms with Gasteiger partial charge in [-0.05, 0) is 13.3 Å². The third-order valence-electron chi connectivity index (χ3n) is 1.31. The van der Waals surface area contributed by atoms with E-state index < -0.39 is 0 Å². The maximum Gasteiger partial charge on any atom is 0.222 e. The molecule has 0 aromatic heterocycles. The van der Waals surface area contributed by atoms with Gasteiger partial charge in [-0.3, -0.25) is 4.79 Å². The quantitative estimate of drug-likeness (QED) is 0.467. The fourth-order valence-corrected chi connectivity index (χ4v) is 0.783. The zero-order valence-electron chi connectivity index (χ0n) is 6.76. The molecule has 2 heteroatoms. The van der Waals surface area contributed by atoms with E-state index in [0.717, 1.165) is 19.4 Å². The summed E-state index contributed by atoms with van der Waals surface area (Å²) in [5.41, 5.74) is 0. The first-order chi connectivity index (χ1) is 4.72. The van der Waals surface area contributed by atoms with Crippen molar-refractivity contribution in [1.29, 1.82) is 0 Å². The van der Waals surface area contributed by atoms with Gasteiger partial charge in [0.25, 0.3) is 0 Å². The first-order valence-corrected chi connectivity index (χ1v) is 3.53. The predicted octanol–water partition coefficient (Wildman–Crippen LogP) is 1.43. The van der Waals surface area contributed by atoms with Crippen molar-refractivity contribution in [3.05, 3.63) is 12.7 Å². The molecule has 0 bridgehead atoms. The van der Waals surface area contributed by atoms with Crippen LogP contribution in [-0.2, 0) is 4.79 Å². The van der Waals surface area contributed by atoms with E-state index in [1.54, 1.807) is 11.0 Å².